The lowest BCUT2D eigenvalue weighted by atomic mass is 10.1. The lowest BCUT2D eigenvalue weighted by Crippen LogP contribution is -2.47. The molecule has 1 fully saturated rings. The van der Waals surface area contributed by atoms with Crippen LogP contribution < -0.4 is 4.74 Å². The molecule has 7 nitrogen and oxygen atoms in total. The van der Waals surface area contributed by atoms with Crippen LogP contribution >= 0.6 is 23.4 Å². The second-order valence-corrected chi connectivity index (χ2v) is 10.9. The molecule has 0 aliphatic carbocycles. The molecule has 1 amide bonds. The van der Waals surface area contributed by atoms with Gasteiger partial charge in [0.1, 0.15) is 11.4 Å². The summed E-state index contributed by atoms with van der Waals surface area (Å²) in [6.07, 6.45) is 5.99. The van der Waals surface area contributed by atoms with Crippen LogP contribution in [0.2, 0.25) is 5.02 Å². The van der Waals surface area contributed by atoms with Gasteiger partial charge >= 0.3 is 0 Å². The Hall–Kier alpha value is -3.07. The van der Waals surface area contributed by atoms with Crippen LogP contribution in [0.4, 0.5) is 0 Å². The molecule has 0 N–H and O–H groups in total. The van der Waals surface area contributed by atoms with E-state index in [9.17, 15) is 4.79 Å². The van der Waals surface area contributed by atoms with E-state index in [0.29, 0.717) is 35.4 Å². The van der Waals surface area contributed by atoms with Gasteiger partial charge in [-0.2, -0.15) is 10.1 Å². The predicted molar refractivity (Wildman–Crippen MR) is 154 cm³/mol. The highest BCUT2D eigenvalue weighted by molar-refractivity contribution is 8.18. The van der Waals surface area contributed by atoms with Gasteiger partial charge in [0.25, 0.3) is 5.91 Å². The molecule has 0 spiro atoms. The first kappa shape index (κ1) is 26.5. The van der Waals surface area contributed by atoms with E-state index in [1.807, 2.05) is 79.3 Å². The van der Waals surface area contributed by atoms with Crippen molar-refractivity contribution in [1.82, 2.24) is 14.7 Å². The number of aromatic nitrogens is 2. The Labute approximate surface area is 232 Å². The number of ether oxygens (including phenoxy) is 2. The van der Waals surface area contributed by atoms with Gasteiger partial charge in [-0.3, -0.25) is 4.79 Å². The average molecular weight is 551 g/mol. The van der Waals surface area contributed by atoms with Crippen LogP contribution in [0.5, 0.6) is 5.75 Å². The van der Waals surface area contributed by atoms with Crippen molar-refractivity contribution in [1.29, 1.82) is 0 Å². The third kappa shape index (κ3) is 5.98. The maximum absolute atomic E-state index is 12.9. The molecule has 3 heterocycles. The van der Waals surface area contributed by atoms with Crippen LogP contribution in [0, 0.1) is 0 Å². The normalized spacial score (nSPS) is 20.7. The molecule has 2 unspecified atom stereocenters. The number of thioether (sulfide) groups is 1. The zero-order valence-electron chi connectivity index (χ0n) is 21.8. The minimum Gasteiger partial charge on any atom is -0.492 e. The van der Waals surface area contributed by atoms with Crippen LogP contribution in [-0.2, 0) is 9.53 Å². The van der Waals surface area contributed by atoms with Gasteiger partial charge in [-0.1, -0.05) is 43.1 Å². The van der Waals surface area contributed by atoms with Crippen LogP contribution in [0.25, 0.3) is 23.0 Å². The van der Waals surface area contributed by atoms with Crippen LogP contribution in [0.3, 0.4) is 0 Å². The highest BCUT2D eigenvalue weighted by atomic mass is 35.5. The average Bonchev–Trinajstić information content (AvgIpc) is 3.49. The topological polar surface area (TPSA) is 68.9 Å². The van der Waals surface area contributed by atoms with E-state index in [1.165, 1.54) is 11.8 Å². The summed E-state index contributed by atoms with van der Waals surface area (Å²) in [6, 6.07) is 15.6. The zero-order valence-corrected chi connectivity index (χ0v) is 23.3. The number of amidine groups is 1. The number of amides is 1. The van der Waals surface area contributed by atoms with E-state index in [0.717, 1.165) is 40.5 Å². The molecule has 3 aromatic rings. The van der Waals surface area contributed by atoms with Crippen molar-refractivity contribution in [3.05, 3.63) is 70.2 Å². The second-order valence-electron chi connectivity index (χ2n) is 9.53. The van der Waals surface area contributed by atoms with Crippen molar-refractivity contribution in [2.24, 2.45) is 4.99 Å². The number of benzene rings is 2. The third-order valence-electron chi connectivity index (χ3n) is 6.31. The minimum atomic E-state index is -0.243. The number of carbonyl (C=O) groups excluding carboxylic acids is 1. The van der Waals surface area contributed by atoms with E-state index in [1.54, 1.807) is 0 Å². The fraction of sp³-hybridized carbons (Fsp3) is 0.345. The molecule has 5 rings (SSSR count). The predicted octanol–water partition coefficient (Wildman–Crippen LogP) is 6.45. The standard InChI is InChI=1S/C29H31ClN4O3S/c1-4-5-13-36-25-12-11-21(14-24(25)30)27-22(18-34(32-27)23-9-7-6-8-10-23)15-26-28(35)31-29(38-26)33-16-19(2)37-20(3)17-33/h6-12,14-15,18-20H,4-5,13,16-17H2,1-3H3/b26-15-. The number of hydrogen-bond donors (Lipinski definition) is 0. The number of para-hydroxylation sites is 1. The fourth-order valence-electron chi connectivity index (χ4n) is 4.53. The van der Waals surface area contributed by atoms with Gasteiger partial charge in [0.15, 0.2) is 5.17 Å². The van der Waals surface area contributed by atoms with Crippen molar-refractivity contribution in [3.63, 3.8) is 0 Å². The molecular weight excluding hydrogens is 520 g/mol. The molecule has 38 heavy (non-hydrogen) atoms. The number of carbonyl (C=O) groups is 1. The van der Waals surface area contributed by atoms with E-state index in [2.05, 4.69) is 16.8 Å². The Balaban J connectivity index is 1.47. The number of aliphatic imine (C=N–C) groups is 1. The first-order valence-corrected chi connectivity index (χ1v) is 14.1. The summed E-state index contributed by atoms with van der Waals surface area (Å²) in [7, 11) is 0. The maximum atomic E-state index is 12.9. The molecule has 0 saturated carbocycles. The molecule has 2 aromatic carbocycles. The van der Waals surface area contributed by atoms with E-state index < -0.39 is 0 Å². The minimum absolute atomic E-state index is 0.0829. The van der Waals surface area contributed by atoms with Crippen LogP contribution in [-0.4, -0.2) is 57.7 Å². The number of hydrogen-bond acceptors (Lipinski definition) is 6. The van der Waals surface area contributed by atoms with Crippen LogP contribution in [0.1, 0.15) is 39.2 Å². The molecule has 1 saturated heterocycles. The van der Waals surface area contributed by atoms with Gasteiger partial charge < -0.3 is 14.4 Å². The van der Waals surface area contributed by atoms with Crippen molar-refractivity contribution in [3.8, 4) is 22.7 Å². The van der Waals surface area contributed by atoms with Crippen LogP contribution in [0.15, 0.2) is 64.6 Å². The van der Waals surface area contributed by atoms with Gasteiger partial charge in [-0.25, -0.2) is 4.68 Å². The summed E-state index contributed by atoms with van der Waals surface area (Å²) >= 11 is 7.99. The molecular formula is C29H31ClN4O3S. The number of unbranched alkanes of at least 4 members (excludes halogenated alkanes) is 1. The molecule has 9 heteroatoms. The summed E-state index contributed by atoms with van der Waals surface area (Å²) in [5.41, 5.74) is 3.29. The Morgan fingerprint density at radius 1 is 1.16 bits per heavy atom. The SMILES string of the molecule is CCCCOc1ccc(-c2nn(-c3ccccc3)cc2/C=C2\SC(N3CC(C)OC(C)C3)=NC2=O)cc1Cl. The summed E-state index contributed by atoms with van der Waals surface area (Å²) < 4.78 is 13.5. The Bertz CT molecular complexity index is 1360. The summed E-state index contributed by atoms with van der Waals surface area (Å²) in [5, 5.41) is 6.13. The van der Waals surface area contributed by atoms with Crippen molar-refractivity contribution < 1.29 is 14.3 Å². The van der Waals surface area contributed by atoms with Crippen molar-refractivity contribution in [2.45, 2.75) is 45.8 Å². The smallest absolute Gasteiger partial charge is 0.286 e. The lowest BCUT2D eigenvalue weighted by Gasteiger charge is -2.35. The van der Waals surface area contributed by atoms with Gasteiger partial charge in [0, 0.05) is 30.4 Å². The number of rotatable bonds is 7. The van der Waals surface area contributed by atoms with Crippen molar-refractivity contribution in [2.75, 3.05) is 19.7 Å². The van der Waals surface area contributed by atoms with E-state index >= 15 is 0 Å². The highest BCUT2D eigenvalue weighted by Gasteiger charge is 2.31. The molecule has 0 radical (unpaired) electrons. The van der Waals surface area contributed by atoms with E-state index in [-0.39, 0.29) is 18.1 Å². The molecule has 2 aliphatic heterocycles. The number of morpholine rings is 1. The molecule has 198 valence electrons. The third-order valence-corrected chi connectivity index (χ3v) is 7.65. The first-order chi connectivity index (χ1) is 18.4. The number of halogens is 1. The Morgan fingerprint density at radius 2 is 1.92 bits per heavy atom. The summed E-state index contributed by atoms with van der Waals surface area (Å²) in [4.78, 5) is 20.0. The largest absolute Gasteiger partial charge is 0.492 e. The zero-order chi connectivity index (χ0) is 26.6. The summed E-state index contributed by atoms with van der Waals surface area (Å²) in [5.74, 6) is 0.410. The number of nitrogens with zero attached hydrogens (tertiary/aromatic N) is 4. The molecule has 1 aromatic heterocycles. The molecule has 2 aliphatic rings. The Kier molecular flexibility index (Phi) is 8.21. The van der Waals surface area contributed by atoms with Gasteiger partial charge in [-0.15, -0.1) is 0 Å². The monoisotopic (exact) mass is 550 g/mol. The first-order valence-electron chi connectivity index (χ1n) is 12.9. The van der Waals surface area contributed by atoms with Gasteiger partial charge in [0.2, 0.25) is 0 Å². The van der Waals surface area contributed by atoms with E-state index in [4.69, 9.17) is 26.2 Å². The quantitative estimate of drug-likeness (QED) is 0.249. The fourth-order valence-corrected chi connectivity index (χ4v) is 5.69. The highest BCUT2D eigenvalue weighted by Crippen LogP contribution is 2.36. The van der Waals surface area contributed by atoms with Gasteiger partial charge in [-0.05, 0) is 68.4 Å². The molecule has 0 bridgehead atoms. The Morgan fingerprint density at radius 3 is 2.63 bits per heavy atom. The van der Waals surface area contributed by atoms with Crippen molar-refractivity contribution >= 4 is 40.5 Å². The maximum Gasteiger partial charge on any atom is 0.286 e. The summed E-state index contributed by atoms with van der Waals surface area (Å²) in [6.45, 7) is 8.24. The molecule has 2 atom stereocenters. The van der Waals surface area contributed by atoms with Gasteiger partial charge in [0.05, 0.1) is 34.4 Å². The lowest BCUT2D eigenvalue weighted by molar-refractivity contribution is -0.113. The second kappa shape index (κ2) is 11.8.